The predicted molar refractivity (Wildman–Crippen MR) is 124 cm³/mol. The minimum absolute atomic E-state index is 0.0366. The number of aromatic nitrogens is 2. The van der Waals surface area contributed by atoms with Gasteiger partial charge in [0.15, 0.2) is 0 Å². The van der Waals surface area contributed by atoms with Crippen LogP contribution in [0.25, 0.3) is 11.3 Å². The zero-order valence-corrected chi connectivity index (χ0v) is 18.8. The van der Waals surface area contributed by atoms with Crippen molar-refractivity contribution in [2.24, 2.45) is 5.73 Å². The molecule has 3 rings (SSSR count). The van der Waals surface area contributed by atoms with E-state index in [1.54, 1.807) is 18.0 Å². The topological polar surface area (TPSA) is 104 Å². The number of thiophene rings is 1. The lowest BCUT2D eigenvalue weighted by atomic mass is 10.1. The third-order valence-corrected chi connectivity index (χ3v) is 6.18. The summed E-state index contributed by atoms with van der Waals surface area (Å²) < 4.78 is 13.4. The minimum atomic E-state index is -0.641. The number of halogens is 1. The van der Waals surface area contributed by atoms with Crippen LogP contribution in [0, 0.1) is 5.82 Å². The monoisotopic (exact) mass is 457 g/mol. The Bertz CT molecular complexity index is 1020. The summed E-state index contributed by atoms with van der Waals surface area (Å²) in [5.41, 5.74) is 7.75. The molecule has 0 saturated heterocycles. The highest BCUT2D eigenvalue weighted by Crippen LogP contribution is 2.23. The Hall–Kier alpha value is -3.20. The van der Waals surface area contributed by atoms with Crippen molar-refractivity contribution in [3.8, 4) is 11.3 Å². The van der Waals surface area contributed by atoms with Crippen molar-refractivity contribution < 1.29 is 14.0 Å². The van der Waals surface area contributed by atoms with E-state index in [0.717, 1.165) is 47.5 Å². The number of aryl methyl sites for hydroxylation is 1. The number of hydrogen-bond acceptors (Lipinski definition) is 4. The number of primary amides is 1. The molecule has 1 atom stereocenters. The lowest BCUT2D eigenvalue weighted by Crippen LogP contribution is -2.37. The number of amides is 3. The van der Waals surface area contributed by atoms with Crippen LogP contribution in [0.15, 0.2) is 47.8 Å². The minimum Gasteiger partial charge on any atom is -0.352 e. The molecular weight excluding hydrogens is 429 g/mol. The molecule has 0 aliphatic carbocycles. The highest BCUT2D eigenvalue weighted by molar-refractivity contribution is 7.10. The lowest BCUT2D eigenvalue weighted by molar-refractivity contribution is -0.130. The van der Waals surface area contributed by atoms with Gasteiger partial charge in [0, 0.05) is 29.7 Å². The van der Waals surface area contributed by atoms with Gasteiger partial charge < -0.3 is 16.0 Å². The van der Waals surface area contributed by atoms with Crippen molar-refractivity contribution in [2.45, 2.75) is 38.1 Å². The smallest absolute Gasteiger partial charge is 0.312 e. The van der Waals surface area contributed by atoms with E-state index in [9.17, 15) is 14.0 Å². The van der Waals surface area contributed by atoms with Gasteiger partial charge in [-0.05, 0) is 48.9 Å². The lowest BCUT2D eigenvalue weighted by Gasteiger charge is -2.21. The van der Waals surface area contributed by atoms with Gasteiger partial charge in [-0.25, -0.2) is 9.18 Å². The molecule has 0 bridgehead atoms. The number of carbonyl (C=O) groups excluding carboxylic acids is 2. The molecule has 2 aromatic heterocycles. The molecule has 3 amide bonds. The largest absolute Gasteiger partial charge is 0.352 e. The second-order valence-electron chi connectivity index (χ2n) is 7.70. The first-order chi connectivity index (χ1) is 15.4. The van der Waals surface area contributed by atoms with E-state index in [1.807, 2.05) is 29.6 Å². The number of nitrogens with two attached hydrogens (primary N) is 1. The number of rotatable bonds is 11. The van der Waals surface area contributed by atoms with Crippen LogP contribution in [0.5, 0.6) is 0 Å². The fraction of sp³-hybridized carbons (Fsp3) is 0.348. The summed E-state index contributed by atoms with van der Waals surface area (Å²) in [6.45, 7) is 0.643. The molecule has 1 aromatic carbocycles. The molecule has 0 spiro atoms. The highest BCUT2D eigenvalue weighted by Gasteiger charge is 2.20. The first kappa shape index (κ1) is 23.5. The Kier molecular flexibility index (Phi) is 8.38. The van der Waals surface area contributed by atoms with Gasteiger partial charge in [-0.1, -0.05) is 24.6 Å². The fourth-order valence-corrected chi connectivity index (χ4v) is 4.24. The number of benzene rings is 1. The van der Waals surface area contributed by atoms with E-state index >= 15 is 0 Å². The second kappa shape index (κ2) is 11.4. The average Bonchev–Trinajstić information content (AvgIpc) is 3.45. The quantitative estimate of drug-likeness (QED) is 0.375. The molecule has 4 N–H and O–H groups in total. The van der Waals surface area contributed by atoms with Crippen LogP contribution in [0.4, 0.5) is 9.18 Å². The standard InChI is InChI=1S/C23H28FN5O2S/c1-29(22(30)15-20(26-23(25)31)21-10-6-12-32-21)11-4-2-3-9-18-14-19(28-27-18)16-7-5-8-17(24)13-16/h5-8,10,12-14,20H,2-4,9,11,15H2,1H3,(H,27,28)(H3,25,26,31). The molecule has 0 aliphatic heterocycles. The van der Waals surface area contributed by atoms with Crippen LogP contribution >= 0.6 is 11.3 Å². The van der Waals surface area contributed by atoms with Crippen LogP contribution in [0.1, 0.15) is 42.3 Å². The molecule has 9 heteroatoms. The molecule has 0 fully saturated rings. The Morgan fingerprint density at radius 1 is 1.22 bits per heavy atom. The molecule has 3 aromatic rings. The third-order valence-electron chi connectivity index (χ3n) is 5.20. The van der Waals surface area contributed by atoms with E-state index < -0.39 is 12.1 Å². The summed E-state index contributed by atoms with van der Waals surface area (Å²) in [4.78, 5) is 26.5. The second-order valence-corrected chi connectivity index (χ2v) is 8.67. The number of nitrogens with one attached hydrogen (secondary N) is 2. The van der Waals surface area contributed by atoms with Crippen LogP contribution in [-0.2, 0) is 11.2 Å². The summed E-state index contributed by atoms with van der Waals surface area (Å²) in [6.07, 6.45) is 3.80. The molecule has 0 radical (unpaired) electrons. The zero-order valence-electron chi connectivity index (χ0n) is 18.0. The Labute approximate surface area is 190 Å². The zero-order chi connectivity index (χ0) is 22.9. The highest BCUT2D eigenvalue weighted by atomic mass is 32.1. The van der Waals surface area contributed by atoms with Crippen molar-refractivity contribution in [1.82, 2.24) is 20.4 Å². The molecule has 32 heavy (non-hydrogen) atoms. The van der Waals surface area contributed by atoms with Crippen LogP contribution < -0.4 is 11.1 Å². The van der Waals surface area contributed by atoms with Crippen molar-refractivity contribution in [3.63, 3.8) is 0 Å². The van der Waals surface area contributed by atoms with Gasteiger partial charge in [-0.15, -0.1) is 11.3 Å². The SMILES string of the molecule is CN(CCCCCc1cc(-c2cccc(F)c2)n[nH]1)C(=O)CC(NC(N)=O)c1cccs1. The molecule has 1 unspecified atom stereocenters. The number of hydrogen-bond donors (Lipinski definition) is 3. The number of nitrogens with zero attached hydrogens (tertiary/aromatic N) is 2. The Morgan fingerprint density at radius 3 is 2.78 bits per heavy atom. The number of carbonyl (C=O) groups is 2. The first-order valence-electron chi connectivity index (χ1n) is 10.6. The third kappa shape index (κ3) is 6.91. The summed E-state index contributed by atoms with van der Waals surface area (Å²) in [5.74, 6) is -0.316. The summed E-state index contributed by atoms with van der Waals surface area (Å²) in [5, 5.41) is 11.8. The molecule has 0 aliphatic rings. The van der Waals surface area contributed by atoms with Crippen LogP contribution in [0.2, 0.25) is 0 Å². The van der Waals surface area contributed by atoms with E-state index in [2.05, 4.69) is 15.5 Å². The van der Waals surface area contributed by atoms with Gasteiger partial charge in [0.2, 0.25) is 5.91 Å². The molecule has 170 valence electrons. The maximum Gasteiger partial charge on any atom is 0.312 e. The van der Waals surface area contributed by atoms with E-state index in [1.165, 1.54) is 23.5 Å². The molecule has 7 nitrogen and oxygen atoms in total. The first-order valence-corrected chi connectivity index (χ1v) is 11.4. The van der Waals surface area contributed by atoms with Gasteiger partial charge in [-0.3, -0.25) is 9.89 Å². The summed E-state index contributed by atoms with van der Waals surface area (Å²) in [6, 6.07) is 11.0. The summed E-state index contributed by atoms with van der Waals surface area (Å²) >= 11 is 1.48. The van der Waals surface area contributed by atoms with Crippen molar-refractivity contribution in [2.75, 3.05) is 13.6 Å². The van der Waals surface area contributed by atoms with Gasteiger partial charge in [0.25, 0.3) is 0 Å². The maximum atomic E-state index is 13.4. The van der Waals surface area contributed by atoms with Gasteiger partial charge in [0.05, 0.1) is 18.2 Å². The summed E-state index contributed by atoms with van der Waals surface area (Å²) in [7, 11) is 1.78. The number of aromatic amines is 1. The molecule has 0 saturated carbocycles. The van der Waals surface area contributed by atoms with Crippen molar-refractivity contribution in [1.29, 1.82) is 0 Å². The van der Waals surface area contributed by atoms with Crippen LogP contribution in [-0.4, -0.2) is 40.6 Å². The maximum absolute atomic E-state index is 13.4. The van der Waals surface area contributed by atoms with E-state index in [0.29, 0.717) is 6.54 Å². The van der Waals surface area contributed by atoms with E-state index in [-0.39, 0.29) is 18.1 Å². The van der Waals surface area contributed by atoms with Crippen molar-refractivity contribution in [3.05, 3.63) is 64.2 Å². The van der Waals surface area contributed by atoms with E-state index in [4.69, 9.17) is 5.73 Å². The van der Waals surface area contributed by atoms with Crippen molar-refractivity contribution >= 4 is 23.3 Å². The Morgan fingerprint density at radius 2 is 2.06 bits per heavy atom. The normalized spacial score (nSPS) is 11.8. The number of urea groups is 1. The van der Waals surface area contributed by atoms with Crippen LogP contribution in [0.3, 0.4) is 0 Å². The fourth-order valence-electron chi connectivity index (χ4n) is 3.47. The number of H-pyrrole nitrogens is 1. The molecular formula is C23H28FN5O2S. The Balaban J connectivity index is 1.39. The molecule has 2 heterocycles. The predicted octanol–water partition coefficient (Wildman–Crippen LogP) is 4.25. The number of unbranched alkanes of at least 4 members (excludes halogenated alkanes) is 2. The average molecular weight is 458 g/mol. The van der Waals surface area contributed by atoms with Gasteiger partial charge in [-0.2, -0.15) is 5.10 Å². The van der Waals surface area contributed by atoms with Gasteiger partial charge in [0.1, 0.15) is 5.82 Å². The van der Waals surface area contributed by atoms with Gasteiger partial charge >= 0.3 is 6.03 Å².